The fourth-order valence-electron chi connectivity index (χ4n) is 1.62. The smallest absolute Gasteiger partial charge is 0.272 e. The van der Waals surface area contributed by atoms with E-state index >= 15 is 0 Å². The topological polar surface area (TPSA) is 45.2 Å². The summed E-state index contributed by atoms with van der Waals surface area (Å²) in [4.78, 5) is 18.2. The molecular weight excluding hydrogens is 226 g/mol. The minimum atomic E-state index is -0.0177. The Hall–Kier alpha value is -1.58. The van der Waals surface area contributed by atoms with Crippen LogP contribution in [0, 0.1) is 0 Å². The van der Waals surface area contributed by atoms with E-state index in [1.54, 1.807) is 11.0 Å². The van der Waals surface area contributed by atoms with Gasteiger partial charge >= 0.3 is 0 Å². The number of carbonyl (C=O) groups is 1. The highest BCUT2D eigenvalue weighted by Crippen LogP contribution is 2.08. The quantitative estimate of drug-likeness (QED) is 0.843. The lowest BCUT2D eigenvalue weighted by molar-refractivity contribution is 0.0787. The summed E-state index contributed by atoms with van der Waals surface area (Å²) in [6.45, 7) is 6.98. The van der Waals surface area contributed by atoms with Gasteiger partial charge in [0.05, 0.1) is 0 Å². The highest BCUT2D eigenvalue weighted by Gasteiger charge is 2.13. The van der Waals surface area contributed by atoms with E-state index in [0.29, 0.717) is 11.7 Å². The lowest BCUT2D eigenvalue weighted by Gasteiger charge is -2.17. The molecule has 1 amide bonds. The SMILES string of the molecule is CCCCN(C)C(=O)c1cccc(NC(C)C)n1. The number of amides is 1. The number of nitrogens with one attached hydrogen (secondary N) is 1. The van der Waals surface area contributed by atoms with E-state index < -0.39 is 0 Å². The minimum Gasteiger partial charge on any atom is -0.368 e. The van der Waals surface area contributed by atoms with E-state index in [1.165, 1.54) is 0 Å². The third-order valence-corrected chi connectivity index (χ3v) is 2.60. The van der Waals surface area contributed by atoms with Gasteiger partial charge in [-0.05, 0) is 32.4 Å². The van der Waals surface area contributed by atoms with Crippen LogP contribution in [0.2, 0.25) is 0 Å². The predicted octanol–water partition coefficient (Wildman–Crippen LogP) is 2.77. The van der Waals surface area contributed by atoms with Crippen LogP contribution in [0.4, 0.5) is 5.82 Å². The fourth-order valence-corrected chi connectivity index (χ4v) is 1.62. The molecule has 0 spiro atoms. The molecule has 1 aromatic heterocycles. The van der Waals surface area contributed by atoms with E-state index in [4.69, 9.17) is 0 Å². The molecule has 1 rings (SSSR count). The maximum atomic E-state index is 12.1. The Bertz CT molecular complexity index is 390. The first-order valence-corrected chi connectivity index (χ1v) is 6.53. The van der Waals surface area contributed by atoms with Gasteiger partial charge in [0.15, 0.2) is 0 Å². The van der Waals surface area contributed by atoms with E-state index in [0.717, 1.165) is 25.2 Å². The number of unbranched alkanes of at least 4 members (excludes halogenated alkanes) is 1. The van der Waals surface area contributed by atoms with Gasteiger partial charge in [0, 0.05) is 19.6 Å². The molecule has 18 heavy (non-hydrogen) atoms. The molecule has 0 bridgehead atoms. The first-order chi connectivity index (χ1) is 8.54. The molecule has 0 unspecified atom stereocenters. The van der Waals surface area contributed by atoms with Gasteiger partial charge in [0.1, 0.15) is 11.5 Å². The first kappa shape index (κ1) is 14.5. The largest absolute Gasteiger partial charge is 0.368 e. The van der Waals surface area contributed by atoms with E-state index in [2.05, 4.69) is 17.2 Å². The Morgan fingerprint density at radius 2 is 2.17 bits per heavy atom. The molecular formula is C14H23N3O. The van der Waals surface area contributed by atoms with Gasteiger partial charge in [-0.3, -0.25) is 4.79 Å². The van der Waals surface area contributed by atoms with Crippen molar-refractivity contribution in [1.29, 1.82) is 0 Å². The second-order valence-corrected chi connectivity index (χ2v) is 4.79. The Kier molecular flexibility index (Phi) is 5.62. The Balaban J connectivity index is 2.73. The molecule has 4 heteroatoms. The van der Waals surface area contributed by atoms with Crippen molar-refractivity contribution in [2.45, 2.75) is 39.7 Å². The van der Waals surface area contributed by atoms with Crippen LogP contribution in [0.5, 0.6) is 0 Å². The van der Waals surface area contributed by atoms with Crippen molar-refractivity contribution in [3.05, 3.63) is 23.9 Å². The molecule has 0 aliphatic rings. The standard InChI is InChI=1S/C14H23N3O/c1-5-6-10-17(4)14(18)12-8-7-9-13(16-12)15-11(2)3/h7-9,11H,5-6,10H2,1-4H3,(H,15,16). The third kappa shape index (κ3) is 4.35. The number of hydrogen-bond donors (Lipinski definition) is 1. The molecule has 100 valence electrons. The number of hydrogen-bond acceptors (Lipinski definition) is 3. The Morgan fingerprint density at radius 1 is 1.44 bits per heavy atom. The maximum Gasteiger partial charge on any atom is 0.272 e. The summed E-state index contributed by atoms with van der Waals surface area (Å²) in [7, 11) is 1.82. The zero-order chi connectivity index (χ0) is 13.5. The summed E-state index contributed by atoms with van der Waals surface area (Å²) in [5, 5.41) is 3.20. The minimum absolute atomic E-state index is 0.0177. The first-order valence-electron chi connectivity index (χ1n) is 6.53. The van der Waals surface area contributed by atoms with Gasteiger partial charge in [0.25, 0.3) is 5.91 Å². The van der Waals surface area contributed by atoms with Crippen LogP contribution in [0.3, 0.4) is 0 Å². The summed E-state index contributed by atoms with van der Waals surface area (Å²) < 4.78 is 0. The summed E-state index contributed by atoms with van der Waals surface area (Å²) >= 11 is 0. The van der Waals surface area contributed by atoms with Gasteiger partial charge in [-0.15, -0.1) is 0 Å². The highest BCUT2D eigenvalue weighted by atomic mass is 16.2. The van der Waals surface area contributed by atoms with Crippen LogP contribution in [-0.2, 0) is 0 Å². The Morgan fingerprint density at radius 3 is 2.78 bits per heavy atom. The molecule has 0 saturated carbocycles. The van der Waals surface area contributed by atoms with Crippen LogP contribution >= 0.6 is 0 Å². The third-order valence-electron chi connectivity index (χ3n) is 2.60. The van der Waals surface area contributed by atoms with E-state index in [1.807, 2.05) is 33.0 Å². The van der Waals surface area contributed by atoms with Crippen LogP contribution < -0.4 is 5.32 Å². The van der Waals surface area contributed by atoms with Crippen molar-refractivity contribution in [2.24, 2.45) is 0 Å². The molecule has 0 aliphatic carbocycles. The molecule has 0 saturated heterocycles. The van der Waals surface area contributed by atoms with Gasteiger partial charge in [-0.2, -0.15) is 0 Å². The molecule has 0 fully saturated rings. The number of anilines is 1. The lowest BCUT2D eigenvalue weighted by Crippen LogP contribution is -2.28. The Labute approximate surface area is 109 Å². The average molecular weight is 249 g/mol. The van der Waals surface area contributed by atoms with Crippen molar-refractivity contribution in [3.8, 4) is 0 Å². The molecule has 1 aromatic rings. The van der Waals surface area contributed by atoms with E-state index in [9.17, 15) is 4.79 Å². The predicted molar refractivity (Wildman–Crippen MR) is 74.9 cm³/mol. The number of rotatable bonds is 6. The van der Waals surface area contributed by atoms with Crippen LogP contribution in [0.15, 0.2) is 18.2 Å². The number of carbonyl (C=O) groups excluding carboxylic acids is 1. The van der Waals surface area contributed by atoms with Gasteiger partial charge in [-0.1, -0.05) is 19.4 Å². The van der Waals surface area contributed by atoms with E-state index in [-0.39, 0.29) is 5.91 Å². The highest BCUT2D eigenvalue weighted by molar-refractivity contribution is 5.92. The average Bonchev–Trinajstić information content (AvgIpc) is 2.34. The van der Waals surface area contributed by atoms with Crippen molar-refractivity contribution in [3.63, 3.8) is 0 Å². The van der Waals surface area contributed by atoms with Gasteiger partial charge < -0.3 is 10.2 Å². The maximum absolute atomic E-state index is 12.1. The van der Waals surface area contributed by atoms with Crippen molar-refractivity contribution >= 4 is 11.7 Å². The molecule has 0 aliphatic heterocycles. The van der Waals surface area contributed by atoms with Crippen LogP contribution in [0.1, 0.15) is 44.1 Å². The van der Waals surface area contributed by atoms with Gasteiger partial charge in [-0.25, -0.2) is 4.98 Å². The van der Waals surface area contributed by atoms with Gasteiger partial charge in [0.2, 0.25) is 0 Å². The molecule has 0 radical (unpaired) electrons. The zero-order valence-corrected chi connectivity index (χ0v) is 11.7. The van der Waals surface area contributed by atoms with Crippen molar-refractivity contribution in [2.75, 3.05) is 18.9 Å². The lowest BCUT2D eigenvalue weighted by atomic mass is 10.2. The van der Waals surface area contributed by atoms with Crippen LogP contribution in [0.25, 0.3) is 0 Å². The number of nitrogens with zero attached hydrogens (tertiary/aromatic N) is 2. The fraction of sp³-hybridized carbons (Fsp3) is 0.571. The second kappa shape index (κ2) is 6.99. The number of pyridine rings is 1. The summed E-state index contributed by atoms with van der Waals surface area (Å²) in [6, 6.07) is 5.80. The normalized spacial score (nSPS) is 10.5. The summed E-state index contributed by atoms with van der Waals surface area (Å²) in [6.07, 6.45) is 2.10. The molecule has 0 atom stereocenters. The van der Waals surface area contributed by atoms with Crippen LogP contribution in [-0.4, -0.2) is 35.4 Å². The summed E-state index contributed by atoms with van der Waals surface area (Å²) in [5.41, 5.74) is 0.499. The monoisotopic (exact) mass is 249 g/mol. The van der Waals surface area contributed by atoms with Crippen molar-refractivity contribution < 1.29 is 4.79 Å². The van der Waals surface area contributed by atoms with Crippen molar-refractivity contribution in [1.82, 2.24) is 9.88 Å². The summed E-state index contributed by atoms with van der Waals surface area (Å²) in [5.74, 6) is 0.732. The molecule has 0 aromatic carbocycles. The number of aromatic nitrogens is 1. The molecule has 1 heterocycles. The molecule has 4 nitrogen and oxygen atoms in total. The zero-order valence-electron chi connectivity index (χ0n) is 11.7. The molecule has 1 N–H and O–H groups in total. The second-order valence-electron chi connectivity index (χ2n) is 4.79.